The predicted octanol–water partition coefficient (Wildman–Crippen LogP) is 3.72. The van der Waals surface area contributed by atoms with Crippen LogP contribution >= 0.6 is 15.9 Å². The fraction of sp³-hybridized carbons (Fsp3) is 0.227. The van der Waals surface area contributed by atoms with Gasteiger partial charge in [0.05, 0.1) is 13.2 Å². The standard InChI is InChI=1S/C22H22BrNO3/c1-4-20(24-21(15(2)25)22(26)27-3)18-11-7-16(8-12-18)5-6-17-9-13-19(23)14-10-17/h4,7-15,21,24-25H,1-3H3/b20-4+. The molecule has 0 saturated heterocycles. The Hall–Kier alpha value is -2.55. The van der Waals surface area contributed by atoms with E-state index in [1.807, 2.05) is 61.5 Å². The number of methoxy groups -OCH3 is 1. The van der Waals surface area contributed by atoms with E-state index in [4.69, 9.17) is 4.74 Å². The first-order chi connectivity index (χ1) is 12.9. The van der Waals surface area contributed by atoms with E-state index in [0.29, 0.717) is 0 Å². The van der Waals surface area contributed by atoms with Crippen molar-refractivity contribution >= 4 is 27.6 Å². The van der Waals surface area contributed by atoms with Crippen LogP contribution in [0.5, 0.6) is 0 Å². The highest BCUT2D eigenvalue weighted by Crippen LogP contribution is 2.15. The number of esters is 1. The summed E-state index contributed by atoms with van der Waals surface area (Å²) in [5.41, 5.74) is 3.45. The summed E-state index contributed by atoms with van der Waals surface area (Å²) < 4.78 is 5.77. The fourth-order valence-corrected chi connectivity index (χ4v) is 2.68. The molecular formula is C22H22BrNO3. The van der Waals surface area contributed by atoms with Crippen LogP contribution in [0.4, 0.5) is 0 Å². The summed E-state index contributed by atoms with van der Waals surface area (Å²) in [6.45, 7) is 3.41. The Morgan fingerprint density at radius 2 is 1.63 bits per heavy atom. The number of hydrogen-bond acceptors (Lipinski definition) is 4. The highest BCUT2D eigenvalue weighted by molar-refractivity contribution is 9.10. The van der Waals surface area contributed by atoms with Crippen LogP contribution in [0.25, 0.3) is 5.70 Å². The number of carbonyl (C=O) groups is 1. The third-order valence-electron chi connectivity index (χ3n) is 3.93. The zero-order chi connectivity index (χ0) is 19.8. The number of hydrogen-bond donors (Lipinski definition) is 2. The zero-order valence-corrected chi connectivity index (χ0v) is 17.1. The fourth-order valence-electron chi connectivity index (χ4n) is 2.41. The molecule has 2 aromatic rings. The van der Waals surface area contributed by atoms with Crippen molar-refractivity contribution in [3.05, 3.63) is 75.8 Å². The maximum Gasteiger partial charge on any atom is 0.330 e. The molecule has 0 heterocycles. The molecule has 0 saturated carbocycles. The van der Waals surface area contributed by atoms with Gasteiger partial charge in [0.25, 0.3) is 0 Å². The van der Waals surface area contributed by atoms with Crippen LogP contribution in [0.2, 0.25) is 0 Å². The SMILES string of the molecule is C/C=C(/NC(C(=O)OC)C(C)O)c1ccc(C#Cc2ccc(Br)cc2)cc1. The minimum atomic E-state index is -0.886. The molecule has 0 aliphatic rings. The number of rotatable bonds is 5. The van der Waals surface area contributed by atoms with Crippen LogP contribution < -0.4 is 5.32 Å². The van der Waals surface area contributed by atoms with E-state index in [1.54, 1.807) is 6.92 Å². The van der Waals surface area contributed by atoms with Gasteiger partial charge in [-0.3, -0.25) is 0 Å². The molecule has 0 amide bonds. The lowest BCUT2D eigenvalue weighted by Gasteiger charge is -2.22. The van der Waals surface area contributed by atoms with Gasteiger partial charge in [0.1, 0.15) is 0 Å². The molecule has 2 aromatic carbocycles. The number of halogens is 1. The number of aliphatic hydroxyl groups is 1. The van der Waals surface area contributed by atoms with E-state index in [2.05, 4.69) is 33.1 Å². The lowest BCUT2D eigenvalue weighted by atomic mass is 10.1. The van der Waals surface area contributed by atoms with Crippen LogP contribution in [0.3, 0.4) is 0 Å². The lowest BCUT2D eigenvalue weighted by Crippen LogP contribution is -2.44. The van der Waals surface area contributed by atoms with Gasteiger partial charge >= 0.3 is 5.97 Å². The molecule has 0 radical (unpaired) electrons. The minimum Gasteiger partial charge on any atom is -0.467 e. The number of ether oxygens (including phenoxy) is 1. The monoisotopic (exact) mass is 427 g/mol. The highest BCUT2D eigenvalue weighted by atomic mass is 79.9. The summed E-state index contributed by atoms with van der Waals surface area (Å²) in [5.74, 6) is 5.74. The van der Waals surface area contributed by atoms with Crippen molar-refractivity contribution in [2.24, 2.45) is 0 Å². The van der Waals surface area contributed by atoms with Gasteiger partial charge < -0.3 is 15.2 Å². The topological polar surface area (TPSA) is 58.6 Å². The van der Waals surface area contributed by atoms with E-state index >= 15 is 0 Å². The lowest BCUT2D eigenvalue weighted by molar-refractivity contribution is -0.145. The molecule has 2 atom stereocenters. The molecule has 0 fully saturated rings. The molecule has 5 heteroatoms. The maximum atomic E-state index is 11.8. The van der Waals surface area contributed by atoms with Crippen LogP contribution in [0.1, 0.15) is 30.5 Å². The average Bonchev–Trinajstić information content (AvgIpc) is 2.68. The number of aliphatic hydroxyl groups excluding tert-OH is 1. The molecule has 2 unspecified atom stereocenters. The normalized spacial score (nSPS) is 13.1. The highest BCUT2D eigenvalue weighted by Gasteiger charge is 2.25. The smallest absolute Gasteiger partial charge is 0.330 e. The van der Waals surface area contributed by atoms with Gasteiger partial charge in [-0.25, -0.2) is 4.79 Å². The van der Waals surface area contributed by atoms with Crippen LogP contribution in [-0.2, 0) is 9.53 Å². The summed E-state index contributed by atoms with van der Waals surface area (Å²) in [7, 11) is 1.30. The number of carbonyl (C=O) groups excluding carboxylic acids is 1. The van der Waals surface area contributed by atoms with Crippen LogP contribution in [0.15, 0.2) is 59.1 Å². The number of nitrogens with one attached hydrogen (secondary N) is 1. The quantitative estimate of drug-likeness (QED) is 0.563. The van der Waals surface area contributed by atoms with Crippen molar-refractivity contribution in [2.75, 3.05) is 7.11 Å². The van der Waals surface area contributed by atoms with Crippen molar-refractivity contribution in [3.8, 4) is 11.8 Å². The first-order valence-corrected chi connectivity index (χ1v) is 9.30. The van der Waals surface area contributed by atoms with E-state index < -0.39 is 18.1 Å². The summed E-state index contributed by atoms with van der Waals surface area (Å²) in [5, 5.41) is 12.9. The maximum absolute atomic E-state index is 11.8. The second-order valence-corrected chi connectivity index (χ2v) is 6.84. The molecule has 27 heavy (non-hydrogen) atoms. The van der Waals surface area contributed by atoms with Crippen molar-refractivity contribution in [1.29, 1.82) is 0 Å². The Labute approximate surface area is 168 Å². The summed E-state index contributed by atoms with van der Waals surface area (Å²) >= 11 is 3.40. The van der Waals surface area contributed by atoms with Gasteiger partial charge in [-0.2, -0.15) is 0 Å². The molecule has 0 spiro atoms. The first kappa shape index (κ1) is 20.8. The minimum absolute atomic E-state index is 0.513. The molecule has 0 aromatic heterocycles. The Balaban J connectivity index is 2.15. The van der Waals surface area contributed by atoms with Crippen molar-refractivity contribution < 1.29 is 14.6 Å². The first-order valence-electron chi connectivity index (χ1n) is 8.51. The van der Waals surface area contributed by atoms with E-state index in [9.17, 15) is 9.90 Å². The van der Waals surface area contributed by atoms with Gasteiger partial charge in [-0.05, 0) is 55.8 Å². The van der Waals surface area contributed by atoms with Gasteiger partial charge in [-0.1, -0.05) is 46.0 Å². The largest absolute Gasteiger partial charge is 0.467 e. The molecule has 140 valence electrons. The van der Waals surface area contributed by atoms with E-state index in [1.165, 1.54) is 7.11 Å². The van der Waals surface area contributed by atoms with Gasteiger partial charge in [0.2, 0.25) is 0 Å². The number of allylic oxidation sites excluding steroid dienone is 1. The predicted molar refractivity (Wildman–Crippen MR) is 111 cm³/mol. The molecule has 2 N–H and O–H groups in total. The van der Waals surface area contributed by atoms with Crippen molar-refractivity contribution in [2.45, 2.75) is 26.0 Å². The molecule has 0 aliphatic carbocycles. The van der Waals surface area contributed by atoms with Crippen LogP contribution in [-0.4, -0.2) is 30.3 Å². The van der Waals surface area contributed by atoms with Gasteiger partial charge in [0.15, 0.2) is 6.04 Å². The molecule has 0 bridgehead atoms. The molecular weight excluding hydrogens is 406 g/mol. The van der Waals surface area contributed by atoms with E-state index in [-0.39, 0.29) is 0 Å². The van der Waals surface area contributed by atoms with Gasteiger partial charge in [0, 0.05) is 21.3 Å². The Morgan fingerprint density at radius 1 is 1.11 bits per heavy atom. The summed E-state index contributed by atoms with van der Waals surface area (Å²) in [6, 6.07) is 14.7. The second-order valence-electron chi connectivity index (χ2n) is 5.92. The van der Waals surface area contributed by atoms with E-state index in [0.717, 1.165) is 26.9 Å². The molecule has 2 rings (SSSR count). The third kappa shape index (κ3) is 5.99. The van der Waals surface area contributed by atoms with Gasteiger partial charge in [-0.15, -0.1) is 0 Å². The second kappa shape index (κ2) is 9.96. The van der Waals surface area contributed by atoms with Crippen molar-refractivity contribution in [3.63, 3.8) is 0 Å². The average molecular weight is 428 g/mol. The Bertz CT molecular complexity index is 859. The Kier molecular flexibility index (Phi) is 7.66. The summed E-state index contributed by atoms with van der Waals surface area (Å²) in [4.78, 5) is 11.8. The van der Waals surface area contributed by atoms with Crippen LogP contribution in [0, 0.1) is 11.8 Å². The zero-order valence-electron chi connectivity index (χ0n) is 15.5. The summed E-state index contributed by atoms with van der Waals surface area (Å²) in [6.07, 6.45) is 0.962. The molecule has 0 aliphatic heterocycles. The third-order valence-corrected chi connectivity index (χ3v) is 4.46. The molecule has 4 nitrogen and oxygen atoms in total. The van der Waals surface area contributed by atoms with Crippen molar-refractivity contribution in [1.82, 2.24) is 5.32 Å². The number of benzene rings is 2. The Morgan fingerprint density at radius 3 is 2.07 bits per heavy atom.